The molecule has 27 heavy (non-hydrogen) atoms. The van der Waals surface area contributed by atoms with Crippen LogP contribution in [0.3, 0.4) is 0 Å². The highest BCUT2D eigenvalue weighted by atomic mass is 16.2. The summed E-state index contributed by atoms with van der Waals surface area (Å²) in [7, 11) is 4.09. The van der Waals surface area contributed by atoms with Crippen LogP contribution in [0.25, 0.3) is 0 Å². The molecule has 0 aliphatic carbocycles. The smallest absolute Gasteiger partial charge is 0.319 e. The molecule has 0 spiro atoms. The zero-order valence-corrected chi connectivity index (χ0v) is 17.2. The number of urea groups is 1. The van der Waals surface area contributed by atoms with Crippen LogP contribution in [-0.2, 0) is 17.9 Å². The van der Waals surface area contributed by atoms with Gasteiger partial charge in [0.25, 0.3) is 0 Å². The van der Waals surface area contributed by atoms with Crippen molar-refractivity contribution in [1.82, 2.24) is 20.0 Å². The first-order chi connectivity index (χ1) is 13.0. The molecule has 1 fully saturated rings. The highest BCUT2D eigenvalue weighted by molar-refractivity contribution is 5.79. The molecule has 1 aliphatic rings. The molecule has 0 atom stereocenters. The largest absolute Gasteiger partial charge is 0.352 e. The number of carbonyl (C=O) groups is 2. The Bertz CT molecular complexity index is 620. The Kier molecular flexibility index (Phi) is 8.10. The van der Waals surface area contributed by atoms with Crippen molar-refractivity contribution in [3.8, 4) is 0 Å². The van der Waals surface area contributed by atoms with Crippen LogP contribution >= 0.6 is 0 Å². The van der Waals surface area contributed by atoms with Crippen molar-refractivity contribution in [2.24, 2.45) is 5.92 Å². The van der Waals surface area contributed by atoms with Crippen LogP contribution < -0.4 is 5.32 Å². The molecule has 1 aromatic rings. The fourth-order valence-electron chi connectivity index (χ4n) is 3.58. The van der Waals surface area contributed by atoms with E-state index < -0.39 is 0 Å². The number of hydrogen-bond acceptors (Lipinski definition) is 3. The highest BCUT2D eigenvalue weighted by Crippen LogP contribution is 2.19. The van der Waals surface area contributed by atoms with Crippen molar-refractivity contribution >= 4 is 11.9 Å². The molecule has 2 rings (SSSR count). The predicted octanol–water partition coefficient (Wildman–Crippen LogP) is 2.54. The molecule has 0 radical (unpaired) electrons. The summed E-state index contributed by atoms with van der Waals surface area (Å²) in [6.45, 7) is 8.17. The summed E-state index contributed by atoms with van der Waals surface area (Å²) >= 11 is 0. The average Bonchev–Trinajstić information content (AvgIpc) is 2.67. The molecule has 1 aliphatic heterocycles. The summed E-state index contributed by atoms with van der Waals surface area (Å²) in [4.78, 5) is 30.9. The number of carbonyl (C=O) groups excluding carboxylic acids is 2. The molecule has 1 aromatic carbocycles. The van der Waals surface area contributed by atoms with Gasteiger partial charge in [0.05, 0.1) is 0 Å². The normalized spacial score (nSPS) is 15.1. The van der Waals surface area contributed by atoms with E-state index in [0.717, 1.165) is 38.0 Å². The second-order valence-electron chi connectivity index (χ2n) is 7.44. The fourth-order valence-corrected chi connectivity index (χ4v) is 3.58. The molecular formula is C21H34N4O2. The van der Waals surface area contributed by atoms with Crippen LogP contribution in [0, 0.1) is 5.92 Å². The summed E-state index contributed by atoms with van der Waals surface area (Å²) in [5, 5.41) is 3.10. The molecule has 1 saturated heterocycles. The molecular weight excluding hydrogens is 340 g/mol. The Hall–Kier alpha value is -2.08. The minimum atomic E-state index is -0.00763. The Balaban J connectivity index is 1.84. The molecule has 0 saturated carbocycles. The maximum atomic E-state index is 12.6. The van der Waals surface area contributed by atoms with E-state index >= 15 is 0 Å². The van der Waals surface area contributed by atoms with Crippen LogP contribution in [0.15, 0.2) is 24.3 Å². The van der Waals surface area contributed by atoms with E-state index in [1.165, 1.54) is 5.56 Å². The van der Waals surface area contributed by atoms with E-state index in [1.54, 1.807) is 0 Å². The number of piperidine rings is 1. The van der Waals surface area contributed by atoms with Gasteiger partial charge in [0.15, 0.2) is 0 Å². The summed E-state index contributed by atoms with van der Waals surface area (Å²) < 4.78 is 0. The lowest BCUT2D eigenvalue weighted by molar-refractivity contribution is -0.126. The topological polar surface area (TPSA) is 55.9 Å². The first-order valence-electron chi connectivity index (χ1n) is 9.99. The van der Waals surface area contributed by atoms with Gasteiger partial charge < -0.3 is 20.0 Å². The van der Waals surface area contributed by atoms with Crippen molar-refractivity contribution < 1.29 is 9.59 Å². The van der Waals surface area contributed by atoms with Crippen LogP contribution in [0.5, 0.6) is 0 Å². The zero-order chi connectivity index (χ0) is 19.8. The monoisotopic (exact) mass is 374 g/mol. The summed E-state index contributed by atoms with van der Waals surface area (Å²) in [5.74, 6) is 0.0939. The molecule has 0 bridgehead atoms. The SMILES string of the molecule is CCN(CC)C(=O)N1CCC(C(=O)NCc2ccccc2CN(C)C)CC1. The van der Waals surface area contributed by atoms with Gasteiger partial charge in [-0.05, 0) is 51.9 Å². The Labute approximate surface area is 163 Å². The molecule has 6 heteroatoms. The van der Waals surface area contributed by atoms with E-state index in [-0.39, 0.29) is 17.9 Å². The number of hydrogen-bond donors (Lipinski definition) is 1. The first-order valence-corrected chi connectivity index (χ1v) is 9.99. The second kappa shape index (κ2) is 10.3. The van der Waals surface area contributed by atoms with Gasteiger partial charge in [0.2, 0.25) is 5.91 Å². The summed E-state index contributed by atoms with van der Waals surface area (Å²) in [6.07, 6.45) is 1.47. The van der Waals surface area contributed by atoms with Gasteiger partial charge in [0.1, 0.15) is 0 Å². The summed E-state index contributed by atoms with van der Waals surface area (Å²) in [6, 6.07) is 8.32. The first kappa shape index (κ1) is 21.2. The number of amides is 3. The molecule has 0 unspecified atom stereocenters. The molecule has 1 N–H and O–H groups in total. The zero-order valence-electron chi connectivity index (χ0n) is 17.2. The van der Waals surface area contributed by atoms with E-state index in [2.05, 4.69) is 22.3 Å². The molecule has 1 heterocycles. The molecule has 150 valence electrons. The maximum Gasteiger partial charge on any atom is 0.319 e. The van der Waals surface area contributed by atoms with Crippen LogP contribution in [-0.4, -0.2) is 66.9 Å². The van der Waals surface area contributed by atoms with Crippen molar-refractivity contribution in [1.29, 1.82) is 0 Å². The van der Waals surface area contributed by atoms with E-state index in [0.29, 0.717) is 19.6 Å². The van der Waals surface area contributed by atoms with Crippen molar-refractivity contribution in [3.63, 3.8) is 0 Å². The number of nitrogens with zero attached hydrogens (tertiary/aromatic N) is 3. The van der Waals surface area contributed by atoms with Gasteiger partial charge in [-0.3, -0.25) is 4.79 Å². The minimum absolute atomic E-state index is 0.00763. The highest BCUT2D eigenvalue weighted by Gasteiger charge is 2.28. The van der Waals surface area contributed by atoms with E-state index in [4.69, 9.17) is 0 Å². The van der Waals surface area contributed by atoms with Gasteiger partial charge in [0, 0.05) is 45.2 Å². The lowest BCUT2D eigenvalue weighted by atomic mass is 9.96. The van der Waals surface area contributed by atoms with E-state index in [9.17, 15) is 9.59 Å². The van der Waals surface area contributed by atoms with Crippen molar-refractivity contribution in [3.05, 3.63) is 35.4 Å². The maximum absolute atomic E-state index is 12.6. The average molecular weight is 375 g/mol. The fraction of sp³-hybridized carbons (Fsp3) is 0.619. The number of benzene rings is 1. The van der Waals surface area contributed by atoms with Crippen molar-refractivity contribution in [2.45, 2.75) is 39.8 Å². The number of likely N-dealkylation sites (tertiary alicyclic amines) is 1. The molecule has 6 nitrogen and oxygen atoms in total. The predicted molar refractivity (Wildman–Crippen MR) is 108 cm³/mol. The van der Waals surface area contributed by atoms with Crippen LogP contribution in [0.4, 0.5) is 4.79 Å². The Morgan fingerprint density at radius 1 is 1.07 bits per heavy atom. The second-order valence-corrected chi connectivity index (χ2v) is 7.44. The van der Waals surface area contributed by atoms with Gasteiger partial charge in [-0.2, -0.15) is 0 Å². The molecule has 0 aromatic heterocycles. The lowest BCUT2D eigenvalue weighted by Crippen LogP contribution is -2.48. The third-order valence-corrected chi connectivity index (χ3v) is 5.23. The van der Waals surface area contributed by atoms with Gasteiger partial charge in [-0.25, -0.2) is 4.79 Å². The standard InChI is InChI=1S/C21H34N4O2/c1-5-24(6-2)21(27)25-13-11-17(12-14-25)20(26)22-15-18-9-7-8-10-19(18)16-23(3)4/h7-10,17H,5-6,11-16H2,1-4H3,(H,22,26). The minimum Gasteiger partial charge on any atom is -0.352 e. The molecule has 3 amide bonds. The quantitative estimate of drug-likeness (QED) is 0.798. The Morgan fingerprint density at radius 2 is 1.67 bits per heavy atom. The lowest BCUT2D eigenvalue weighted by Gasteiger charge is -2.34. The number of rotatable bonds is 7. The van der Waals surface area contributed by atoms with Crippen LogP contribution in [0.1, 0.15) is 37.8 Å². The van der Waals surface area contributed by atoms with Gasteiger partial charge in [-0.15, -0.1) is 0 Å². The van der Waals surface area contributed by atoms with Gasteiger partial charge in [-0.1, -0.05) is 24.3 Å². The Morgan fingerprint density at radius 3 is 2.22 bits per heavy atom. The van der Waals surface area contributed by atoms with Crippen LogP contribution in [0.2, 0.25) is 0 Å². The van der Waals surface area contributed by atoms with Crippen molar-refractivity contribution in [2.75, 3.05) is 40.3 Å². The summed E-state index contributed by atoms with van der Waals surface area (Å²) in [5.41, 5.74) is 2.40. The third kappa shape index (κ3) is 5.96. The number of nitrogens with one attached hydrogen (secondary N) is 1. The van der Waals surface area contributed by atoms with Gasteiger partial charge >= 0.3 is 6.03 Å². The van der Waals surface area contributed by atoms with E-state index in [1.807, 2.05) is 49.9 Å². The third-order valence-electron chi connectivity index (χ3n) is 5.23.